The highest BCUT2D eigenvalue weighted by Gasteiger charge is 2.57. The fourth-order valence-corrected chi connectivity index (χ4v) is 4.32. The maximum Gasteiger partial charge on any atom is 0.223 e. The molecule has 1 aliphatic heterocycles. The third kappa shape index (κ3) is 2.81. The van der Waals surface area contributed by atoms with Gasteiger partial charge in [0.2, 0.25) is 5.91 Å². The first-order valence-corrected chi connectivity index (χ1v) is 8.02. The first-order valence-electron chi connectivity index (χ1n) is 8.02. The third-order valence-corrected chi connectivity index (χ3v) is 5.66. The lowest BCUT2D eigenvalue weighted by Gasteiger charge is -2.35. The Morgan fingerprint density at radius 2 is 1.89 bits per heavy atom. The standard InChI is InChI=1S/C16H28N2O/c1-15(2)5-3-4-12(10-15)18-14(19)13-11-16(13)6-8-17-9-7-16/h12-13,17H,3-11H2,1-2H3,(H,18,19). The van der Waals surface area contributed by atoms with Gasteiger partial charge >= 0.3 is 0 Å². The van der Waals surface area contributed by atoms with Crippen LogP contribution in [0.1, 0.15) is 58.8 Å². The van der Waals surface area contributed by atoms with Crippen molar-refractivity contribution >= 4 is 5.91 Å². The number of rotatable bonds is 2. The summed E-state index contributed by atoms with van der Waals surface area (Å²) in [5, 5.41) is 6.75. The summed E-state index contributed by atoms with van der Waals surface area (Å²) in [4.78, 5) is 12.4. The number of hydrogen-bond acceptors (Lipinski definition) is 2. The summed E-state index contributed by atoms with van der Waals surface area (Å²) in [6.45, 7) is 6.86. The molecule has 3 nitrogen and oxygen atoms in total. The Bertz CT molecular complexity index is 358. The molecule has 0 radical (unpaired) electrons. The van der Waals surface area contributed by atoms with E-state index in [0.717, 1.165) is 25.9 Å². The van der Waals surface area contributed by atoms with Crippen LogP contribution in [0.15, 0.2) is 0 Å². The molecule has 2 N–H and O–H groups in total. The van der Waals surface area contributed by atoms with Gasteiger partial charge in [0.1, 0.15) is 0 Å². The Kier molecular flexibility index (Phi) is 3.36. The summed E-state index contributed by atoms with van der Waals surface area (Å²) in [5.41, 5.74) is 0.783. The quantitative estimate of drug-likeness (QED) is 0.804. The molecule has 2 saturated carbocycles. The molecule has 1 saturated heterocycles. The number of carbonyl (C=O) groups excluding carboxylic acids is 1. The average molecular weight is 264 g/mol. The second-order valence-electron chi connectivity index (χ2n) is 7.84. The van der Waals surface area contributed by atoms with Crippen LogP contribution in [0.4, 0.5) is 0 Å². The van der Waals surface area contributed by atoms with Crippen molar-refractivity contribution in [1.29, 1.82) is 0 Å². The molecule has 0 aromatic carbocycles. The van der Waals surface area contributed by atoms with E-state index < -0.39 is 0 Å². The van der Waals surface area contributed by atoms with Gasteiger partial charge < -0.3 is 10.6 Å². The molecule has 1 spiro atoms. The predicted octanol–water partition coefficient (Wildman–Crippen LogP) is 2.46. The second kappa shape index (κ2) is 4.76. The normalized spacial score (nSPS) is 35.9. The van der Waals surface area contributed by atoms with Crippen molar-refractivity contribution < 1.29 is 4.79 Å². The van der Waals surface area contributed by atoms with Crippen molar-refractivity contribution in [2.24, 2.45) is 16.7 Å². The summed E-state index contributed by atoms with van der Waals surface area (Å²) in [5.74, 6) is 0.671. The van der Waals surface area contributed by atoms with Gasteiger partial charge in [0.25, 0.3) is 0 Å². The second-order valence-corrected chi connectivity index (χ2v) is 7.84. The first-order chi connectivity index (χ1) is 9.01. The minimum atomic E-state index is 0.319. The summed E-state index contributed by atoms with van der Waals surface area (Å²) < 4.78 is 0. The van der Waals surface area contributed by atoms with Crippen molar-refractivity contribution in [3.63, 3.8) is 0 Å². The van der Waals surface area contributed by atoms with E-state index >= 15 is 0 Å². The Morgan fingerprint density at radius 3 is 2.58 bits per heavy atom. The SMILES string of the molecule is CC1(C)CCCC(NC(=O)C2CC23CCNCC3)C1. The lowest BCUT2D eigenvalue weighted by molar-refractivity contribution is -0.124. The van der Waals surface area contributed by atoms with Crippen LogP contribution < -0.4 is 10.6 Å². The highest BCUT2D eigenvalue weighted by Crippen LogP contribution is 2.58. The average Bonchev–Trinajstić information content (AvgIpc) is 3.02. The van der Waals surface area contributed by atoms with E-state index in [-0.39, 0.29) is 0 Å². The molecule has 3 heteroatoms. The van der Waals surface area contributed by atoms with Gasteiger partial charge in [0, 0.05) is 12.0 Å². The molecule has 1 heterocycles. The minimum absolute atomic E-state index is 0.319. The van der Waals surface area contributed by atoms with E-state index in [0.29, 0.717) is 28.7 Å². The lowest BCUT2D eigenvalue weighted by Crippen LogP contribution is -2.42. The van der Waals surface area contributed by atoms with E-state index in [1.165, 1.54) is 32.1 Å². The van der Waals surface area contributed by atoms with Gasteiger partial charge in [-0.1, -0.05) is 20.3 Å². The van der Waals surface area contributed by atoms with E-state index in [1.807, 2.05) is 0 Å². The predicted molar refractivity (Wildman–Crippen MR) is 76.8 cm³/mol. The van der Waals surface area contributed by atoms with Crippen LogP contribution in [0.3, 0.4) is 0 Å². The molecule has 3 aliphatic rings. The molecule has 108 valence electrons. The lowest BCUT2D eigenvalue weighted by atomic mass is 9.75. The zero-order valence-electron chi connectivity index (χ0n) is 12.4. The van der Waals surface area contributed by atoms with Crippen LogP contribution in [-0.4, -0.2) is 25.0 Å². The molecule has 0 aromatic rings. The Labute approximate surface area is 116 Å². The maximum absolute atomic E-state index is 12.4. The molecule has 19 heavy (non-hydrogen) atoms. The molecule has 1 amide bonds. The topological polar surface area (TPSA) is 41.1 Å². The van der Waals surface area contributed by atoms with Crippen molar-refractivity contribution in [2.75, 3.05) is 13.1 Å². The molecular formula is C16H28N2O. The number of hydrogen-bond donors (Lipinski definition) is 2. The van der Waals surface area contributed by atoms with Crippen LogP contribution in [-0.2, 0) is 4.79 Å². The largest absolute Gasteiger partial charge is 0.353 e. The molecule has 0 bridgehead atoms. The third-order valence-electron chi connectivity index (χ3n) is 5.66. The Balaban J connectivity index is 1.52. The van der Waals surface area contributed by atoms with Gasteiger partial charge in [-0.2, -0.15) is 0 Å². The van der Waals surface area contributed by atoms with Gasteiger partial charge in [0.15, 0.2) is 0 Å². The van der Waals surface area contributed by atoms with E-state index in [2.05, 4.69) is 24.5 Å². The van der Waals surface area contributed by atoms with Crippen LogP contribution in [0, 0.1) is 16.7 Å². The maximum atomic E-state index is 12.4. The highest BCUT2D eigenvalue weighted by atomic mass is 16.2. The van der Waals surface area contributed by atoms with Crippen LogP contribution >= 0.6 is 0 Å². The van der Waals surface area contributed by atoms with Gasteiger partial charge in [-0.25, -0.2) is 0 Å². The smallest absolute Gasteiger partial charge is 0.223 e. The fourth-order valence-electron chi connectivity index (χ4n) is 4.32. The Hall–Kier alpha value is -0.570. The zero-order chi connectivity index (χ0) is 13.5. The number of piperidine rings is 1. The number of carbonyl (C=O) groups is 1. The summed E-state index contributed by atoms with van der Waals surface area (Å²) >= 11 is 0. The van der Waals surface area contributed by atoms with Gasteiger partial charge in [-0.15, -0.1) is 0 Å². The summed E-state index contributed by atoms with van der Waals surface area (Å²) in [7, 11) is 0. The van der Waals surface area contributed by atoms with Crippen molar-refractivity contribution in [3.8, 4) is 0 Å². The highest BCUT2D eigenvalue weighted by molar-refractivity contribution is 5.82. The molecule has 2 unspecified atom stereocenters. The molecular weight excluding hydrogens is 236 g/mol. The molecule has 3 fully saturated rings. The van der Waals surface area contributed by atoms with E-state index in [1.54, 1.807) is 0 Å². The minimum Gasteiger partial charge on any atom is -0.353 e. The van der Waals surface area contributed by atoms with Crippen molar-refractivity contribution in [2.45, 2.75) is 64.8 Å². The van der Waals surface area contributed by atoms with Gasteiger partial charge in [-0.3, -0.25) is 4.79 Å². The fraction of sp³-hybridized carbons (Fsp3) is 0.938. The van der Waals surface area contributed by atoms with Gasteiger partial charge in [-0.05, 0) is 62.4 Å². The van der Waals surface area contributed by atoms with Crippen LogP contribution in [0.25, 0.3) is 0 Å². The summed E-state index contributed by atoms with van der Waals surface area (Å²) in [6.07, 6.45) is 8.42. The van der Waals surface area contributed by atoms with Crippen LogP contribution in [0.2, 0.25) is 0 Å². The Morgan fingerprint density at radius 1 is 1.16 bits per heavy atom. The summed E-state index contributed by atoms with van der Waals surface area (Å²) in [6, 6.07) is 0.426. The molecule has 3 rings (SSSR count). The molecule has 2 atom stereocenters. The zero-order valence-corrected chi connectivity index (χ0v) is 12.4. The van der Waals surface area contributed by atoms with Crippen molar-refractivity contribution in [1.82, 2.24) is 10.6 Å². The van der Waals surface area contributed by atoms with Crippen molar-refractivity contribution in [3.05, 3.63) is 0 Å². The first kappa shape index (κ1) is 13.4. The number of amides is 1. The van der Waals surface area contributed by atoms with E-state index in [9.17, 15) is 4.79 Å². The molecule has 2 aliphatic carbocycles. The monoisotopic (exact) mass is 264 g/mol. The van der Waals surface area contributed by atoms with Gasteiger partial charge in [0.05, 0.1) is 0 Å². The van der Waals surface area contributed by atoms with E-state index in [4.69, 9.17) is 0 Å². The molecule has 0 aromatic heterocycles. The number of nitrogens with one attached hydrogen (secondary N) is 2. The van der Waals surface area contributed by atoms with Crippen LogP contribution in [0.5, 0.6) is 0 Å².